The number of carbonyl (C=O) groups excluding carboxylic acids is 1. The van der Waals surface area contributed by atoms with Crippen LogP contribution in [-0.4, -0.2) is 10.5 Å². The normalized spacial score (nSPS) is 10.9. The molecule has 1 aromatic carbocycles. The summed E-state index contributed by atoms with van der Waals surface area (Å²) in [4.78, 5) is 11.9. The third-order valence-corrected chi connectivity index (χ3v) is 3.53. The van der Waals surface area contributed by atoms with Gasteiger partial charge in [0.15, 0.2) is 0 Å². The second-order valence-electron chi connectivity index (χ2n) is 5.29. The second-order valence-corrected chi connectivity index (χ2v) is 5.29. The highest BCUT2D eigenvalue weighted by atomic mass is 16.1. The van der Waals surface area contributed by atoms with Gasteiger partial charge in [0.1, 0.15) is 0 Å². The van der Waals surface area contributed by atoms with E-state index >= 15 is 0 Å². The van der Waals surface area contributed by atoms with E-state index in [1.54, 1.807) is 0 Å². The number of benzene rings is 1. The summed E-state index contributed by atoms with van der Waals surface area (Å²) in [6, 6.07) is 8.25. The fourth-order valence-electron chi connectivity index (χ4n) is 2.46. The van der Waals surface area contributed by atoms with Gasteiger partial charge in [-0.2, -0.15) is 0 Å². The van der Waals surface area contributed by atoms with Gasteiger partial charge < -0.3 is 9.88 Å². The van der Waals surface area contributed by atoms with Gasteiger partial charge in [0.25, 0.3) is 0 Å². The molecule has 0 aliphatic rings. The van der Waals surface area contributed by atoms with E-state index < -0.39 is 0 Å². The summed E-state index contributed by atoms with van der Waals surface area (Å²) < 4.78 is 2.24. The number of aromatic nitrogens is 1. The number of nitrogens with zero attached hydrogens (tertiary/aromatic N) is 1. The van der Waals surface area contributed by atoms with E-state index in [4.69, 9.17) is 0 Å². The molecule has 0 aliphatic heterocycles. The number of unbranched alkanes of at least 4 members (excludes halogenated alkanes) is 2. The Hall–Kier alpha value is -1.77. The number of fused-ring (bicyclic) bond motifs is 1. The zero-order chi connectivity index (χ0) is 14.4. The average molecular weight is 272 g/mol. The minimum atomic E-state index is 0.117. The van der Waals surface area contributed by atoms with E-state index in [0.717, 1.165) is 37.9 Å². The van der Waals surface area contributed by atoms with Gasteiger partial charge in [-0.05, 0) is 36.4 Å². The number of hydrogen-bond acceptors (Lipinski definition) is 1. The maximum Gasteiger partial charge on any atom is 0.224 e. The monoisotopic (exact) mass is 272 g/mol. The lowest BCUT2D eigenvalue weighted by Crippen LogP contribution is -2.11. The van der Waals surface area contributed by atoms with Gasteiger partial charge in [-0.3, -0.25) is 4.79 Å². The molecule has 1 amide bonds. The van der Waals surface area contributed by atoms with Crippen LogP contribution in [0.4, 0.5) is 5.69 Å². The zero-order valence-electron chi connectivity index (χ0n) is 12.5. The Labute approximate surface area is 121 Å². The molecule has 0 bridgehead atoms. The van der Waals surface area contributed by atoms with E-state index in [2.05, 4.69) is 48.1 Å². The molecule has 0 aliphatic carbocycles. The molecular formula is C17H24N2O. The molecule has 1 N–H and O–H groups in total. The van der Waals surface area contributed by atoms with Gasteiger partial charge in [0.2, 0.25) is 5.91 Å². The highest BCUT2D eigenvalue weighted by Crippen LogP contribution is 2.21. The first-order valence-electron chi connectivity index (χ1n) is 7.63. The van der Waals surface area contributed by atoms with Crippen LogP contribution in [0.3, 0.4) is 0 Å². The molecule has 0 saturated carbocycles. The summed E-state index contributed by atoms with van der Waals surface area (Å²) in [7, 11) is 0. The van der Waals surface area contributed by atoms with E-state index in [-0.39, 0.29) is 5.91 Å². The second kappa shape index (κ2) is 7.13. The molecule has 0 saturated heterocycles. The number of amides is 1. The predicted molar refractivity (Wildman–Crippen MR) is 85.0 cm³/mol. The molecule has 0 unspecified atom stereocenters. The smallest absolute Gasteiger partial charge is 0.224 e. The van der Waals surface area contributed by atoms with Crippen LogP contribution in [-0.2, 0) is 11.3 Å². The number of hydrogen-bond donors (Lipinski definition) is 1. The summed E-state index contributed by atoms with van der Waals surface area (Å²) >= 11 is 0. The highest BCUT2D eigenvalue weighted by Gasteiger charge is 2.05. The third kappa shape index (κ3) is 3.62. The summed E-state index contributed by atoms with van der Waals surface area (Å²) in [6.45, 7) is 5.33. The summed E-state index contributed by atoms with van der Waals surface area (Å²) in [6.07, 6.45) is 7.06. The molecule has 2 aromatic rings. The Morgan fingerprint density at radius 3 is 2.75 bits per heavy atom. The Morgan fingerprint density at radius 1 is 1.15 bits per heavy atom. The molecular weight excluding hydrogens is 248 g/mol. The van der Waals surface area contributed by atoms with Crippen molar-refractivity contribution in [3.63, 3.8) is 0 Å². The number of aryl methyl sites for hydroxylation is 1. The molecule has 3 nitrogen and oxygen atoms in total. The van der Waals surface area contributed by atoms with Crippen LogP contribution in [0.1, 0.15) is 46.0 Å². The minimum Gasteiger partial charge on any atom is -0.347 e. The largest absolute Gasteiger partial charge is 0.347 e. The molecule has 0 fully saturated rings. The van der Waals surface area contributed by atoms with Crippen LogP contribution in [0, 0.1) is 0 Å². The van der Waals surface area contributed by atoms with E-state index in [0.29, 0.717) is 6.42 Å². The molecule has 2 rings (SSSR count). The van der Waals surface area contributed by atoms with Gasteiger partial charge in [0.05, 0.1) is 5.52 Å². The van der Waals surface area contributed by atoms with Crippen molar-refractivity contribution in [2.75, 3.05) is 5.32 Å². The van der Waals surface area contributed by atoms with Crippen molar-refractivity contribution in [3.8, 4) is 0 Å². The van der Waals surface area contributed by atoms with Gasteiger partial charge in [-0.15, -0.1) is 0 Å². The minimum absolute atomic E-state index is 0.117. The molecule has 0 spiro atoms. The Kier molecular flexibility index (Phi) is 5.22. The lowest BCUT2D eigenvalue weighted by molar-refractivity contribution is -0.116. The van der Waals surface area contributed by atoms with Crippen molar-refractivity contribution >= 4 is 22.5 Å². The van der Waals surface area contributed by atoms with Crippen molar-refractivity contribution in [3.05, 3.63) is 30.5 Å². The summed E-state index contributed by atoms with van der Waals surface area (Å²) in [5.74, 6) is 0.117. The first kappa shape index (κ1) is 14.6. The van der Waals surface area contributed by atoms with Crippen molar-refractivity contribution in [1.82, 2.24) is 4.57 Å². The van der Waals surface area contributed by atoms with Crippen LogP contribution < -0.4 is 5.32 Å². The van der Waals surface area contributed by atoms with Gasteiger partial charge in [0, 0.05) is 24.8 Å². The molecule has 0 radical (unpaired) electrons. The lowest BCUT2D eigenvalue weighted by Gasteiger charge is -2.07. The SMILES string of the molecule is CCCCCC(=O)Nc1ccc2ccn(CCC)c2c1. The van der Waals surface area contributed by atoms with E-state index in [1.165, 1.54) is 10.9 Å². The van der Waals surface area contributed by atoms with Crippen molar-refractivity contribution in [2.24, 2.45) is 0 Å². The van der Waals surface area contributed by atoms with Crippen LogP contribution in [0.2, 0.25) is 0 Å². The maximum atomic E-state index is 11.9. The van der Waals surface area contributed by atoms with Gasteiger partial charge in [-0.1, -0.05) is 32.8 Å². The van der Waals surface area contributed by atoms with Crippen molar-refractivity contribution in [1.29, 1.82) is 0 Å². The fourth-order valence-corrected chi connectivity index (χ4v) is 2.46. The molecule has 0 atom stereocenters. The molecule has 20 heavy (non-hydrogen) atoms. The number of anilines is 1. The molecule has 108 valence electrons. The number of rotatable bonds is 7. The molecule has 1 aromatic heterocycles. The van der Waals surface area contributed by atoms with Crippen LogP contribution in [0.25, 0.3) is 10.9 Å². The quantitative estimate of drug-likeness (QED) is 0.736. The zero-order valence-corrected chi connectivity index (χ0v) is 12.5. The highest BCUT2D eigenvalue weighted by molar-refractivity contribution is 5.93. The van der Waals surface area contributed by atoms with Gasteiger partial charge >= 0.3 is 0 Å². The topological polar surface area (TPSA) is 34.0 Å². The van der Waals surface area contributed by atoms with Crippen molar-refractivity contribution in [2.45, 2.75) is 52.5 Å². The summed E-state index contributed by atoms with van der Waals surface area (Å²) in [5, 5.41) is 4.22. The number of nitrogens with one attached hydrogen (secondary N) is 1. The molecule has 3 heteroatoms. The molecule has 1 heterocycles. The van der Waals surface area contributed by atoms with Crippen LogP contribution >= 0.6 is 0 Å². The Balaban J connectivity index is 2.06. The Bertz CT molecular complexity index is 571. The van der Waals surface area contributed by atoms with E-state index in [1.807, 2.05) is 6.07 Å². The van der Waals surface area contributed by atoms with Crippen LogP contribution in [0.5, 0.6) is 0 Å². The summed E-state index contributed by atoms with van der Waals surface area (Å²) in [5.41, 5.74) is 2.09. The maximum absolute atomic E-state index is 11.9. The van der Waals surface area contributed by atoms with Crippen molar-refractivity contribution < 1.29 is 4.79 Å². The lowest BCUT2D eigenvalue weighted by atomic mass is 10.2. The number of carbonyl (C=O) groups is 1. The van der Waals surface area contributed by atoms with E-state index in [9.17, 15) is 4.79 Å². The third-order valence-electron chi connectivity index (χ3n) is 3.53. The average Bonchev–Trinajstić information content (AvgIpc) is 2.82. The fraction of sp³-hybridized carbons (Fsp3) is 0.471. The first-order chi connectivity index (χ1) is 9.74. The standard InChI is InChI=1S/C17H24N2O/c1-3-5-6-7-17(20)18-15-9-8-14-10-12-19(11-4-2)16(14)13-15/h8-10,12-13H,3-7,11H2,1-2H3,(H,18,20). The Morgan fingerprint density at radius 2 is 2.00 bits per heavy atom. The predicted octanol–water partition coefficient (Wildman–Crippen LogP) is 4.57. The van der Waals surface area contributed by atoms with Crippen LogP contribution in [0.15, 0.2) is 30.5 Å². The van der Waals surface area contributed by atoms with Gasteiger partial charge in [-0.25, -0.2) is 0 Å². The first-order valence-corrected chi connectivity index (χ1v) is 7.63.